The molecule has 1 aromatic carbocycles. The molecule has 8 nitrogen and oxygen atoms in total. The third-order valence-electron chi connectivity index (χ3n) is 5.42. The molecule has 2 N–H and O–H groups in total. The number of benzene rings is 1. The van der Waals surface area contributed by atoms with Gasteiger partial charge in [0.25, 0.3) is 0 Å². The third-order valence-corrected chi connectivity index (χ3v) is 5.42. The summed E-state index contributed by atoms with van der Waals surface area (Å²) in [6, 6.07) is 6.88. The molecular formula is C23H17FN8. The molecule has 0 saturated carbocycles. The van der Waals surface area contributed by atoms with Crippen LogP contribution in [0.5, 0.6) is 0 Å². The Hall–Kier alpha value is -4.40. The highest BCUT2D eigenvalue weighted by Crippen LogP contribution is 2.32. The second kappa shape index (κ2) is 6.81. The molecular weight excluding hydrogens is 407 g/mol. The lowest BCUT2D eigenvalue weighted by molar-refractivity contribution is 0.627. The van der Waals surface area contributed by atoms with Crippen molar-refractivity contribution in [2.45, 2.75) is 6.92 Å². The molecule has 5 heterocycles. The average molecular weight is 424 g/mol. The van der Waals surface area contributed by atoms with Crippen LogP contribution in [-0.4, -0.2) is 39.9 Å². The molecule has 32 heavy (non-hydrogen) atoms. The molecule has 6 aromatic rings. The smallest absolute Gasteiger partial charge is 0.159 e. The second-order valence-corrected chi connectivity index (χ2v) is 7.78. The highest BCUT2D eigenvalue weighted by molar-refractivity contribution is 5.97. The first-order valence-corrected chi connectivity index (χ1v) is 10.00. The van der Waals surface area contributed by atoms with Crippen molar-refractivity contribution in [3.8, 4) is 33.9 Å². The highest BCUT2D eigenvalue weighted by atomic mass is 19.1. The van der Waals surface area contributed by atoms with Crippen molar-refractivity contribution in [3.05, 3.63) is 66.6 Å². The molecule has 0 aliphatic rings. The predicted octanol–water partition coefficient (Wildman–Crippen LogP) is 4.41. The Kier molecular flexibility index (Phi) is 3.91. The Morgan fingerprint density at radius 3 is 2.69 bits per heavy atom. The van der Waals surface area contributed by atoms with Gasteiger partial charge >= 0.3 is 0 Å². The zero-order valence-electron chi connectivity index (χ0n) is 17.3. The van der Waals surface area contributed by atoms with Crippen LogP contribution in [0.1, 0.15) is 5.56 Å². The van der Waals surface area contributed by atoms with E-state index in [0.717, 1.165) is 44.4 Å². The fourth-order valence-corrected chi connectivity index (χ4v) is 3.96. The predicted molar refractivity (Wildman–Crippen MR) is 119 cm³/mol. The van der Waals surface area contributed by atoms with Crippen LogP contribution in [-0.2, 0) is 7.05 Å². The van der Waals surface area contributed by atoms with Gasteiger partial charge in [0.05, 0.1) is 40.8 Å². The molecule has 0 unspecified atom stereocenters. The van der Waals surface area contributed by atoms with E-state index < -0.39 is 0 Å². The molecule has 0 amide bonds. The molecule has 0 saturated heterocycles. The van der Waals surface area contributed by atoms with E-state index in [2.05, 4.69) is 30.2 Å². The number of hydrogen-bond donors (Lipinski definition) is 2. The normalized spacial score (nSPS) is 11.6. The van der Waals surface area contributed by atoms with E-state index in [1.54, 1.807) is 29.5 Å². The van der Waals surface area contributed by atoms with Crippen molar-refractivity contribution in [2.75, 3.05) is 0 Å². The molecule has 5 aromatic heterocycles. The Balaban J connectivity index is 1.51. The number of halogens is 1. The largest absolute Gasteiger partial charge is 0.335 e. The number of aromatic nitrogens is 8. The summed E-state index contributed by atoms with van der Waals surface area (Å²) in [5, 5.41) is 12.6. The first kappa shape index (κ1) is 18.4. The van der Waals surface area contributed by atoms with Gasteiger partial charge in [-0.3, -0.25) is 19.7 Å². The quantitative estimate of drug-likeness (QED) is 0.438. The van der Waals surface area contributed by atoms with Gasteiger partial charge in [-0.2, -0.15) is 10.2 Å². The summed E-state index contributed by atoms with van der Waals surface area (Å²) in [5.74, 6) is 0.304. The molecule has 156 valence electrons. The average Bonchev–Trinajstić information content (AvgIpc) is 3.49. The van der Waals surface area contributed by atoms with E-state index in [1.165, 1.54) is 12.1 Å². The van der Waals surface area contributed by atoms with Gasteiger partial charge in [0.2, 0.25) is 0 Å². The summed E-state index contributed by atoms with van der Waals surface area (Å²) in [4.78, 5) is 16.9. The molecule has 0 aliphatic heterocycles. The number of aromatic amines is 2. The number of aryl methyl sites for hydroxylation is 2. The van der Waals surface area contributed by atoms with Crippen LogP contribution in [0.25, 0.3) is 55.8 Å². The molecule has 6 rings (SSSR count). The lowest BCUT2D eigenvalue weighted by Gasteiger charge is -2.04. The number of nitrogens with one attached hydrogen (secondary N) is 2. The number of imidazole rings is 1. The van der Waals surface area contributed by atoms with Crippen LogP contribution in [0, 0.1) is 12.7 Å². The second-order valence-electron chi connectivity index (χ2n) is 7.78. The Labute approximate surface area is 181 Å². The van der Waals surface area contributed by atoms with Gasteiger partial charge in [-0.1, -0.05) is 6.07 Å². The van der Waals surface area contributed by atoms with Gasteiger partial charge in [0.15, 0.2) is 5.82 Å². The molecule has 0 bridgehead atoms. The van der Waals surface area contributed by atoms with E-state index in [1.807, 2.05) is 32.3 Å². The van der Waals surface area contributed by atoms with Crippen molar-refractivity contribution < 1.29 is 4.39 Å². The maximum atomic E-state index is 14.0. The Bertz CT molecular complexity index is 1600. The number of hydrogen-bond acceptors (Lipinski definition) is 5. The third kappa shape index (κ3) is 2.94. The summed E-state index contributed by atoms with van der Waals surface area (Å²) in [7, 11) is 1.87. The fourth-order valence-electron chi connectivity index (χ4n) is 3.96. The van der Waals surface area contributed by atoms with Crippen LogP contribution in [0.4, 0.5) is 4.39 Å². The molecule has 0 atom stereocenters. The fraction of sp³-hybridized carbons (Fsp3) is 0.0870. The zero-order valence-corrected chi connectivity index (χ0v) is 17.3. The Morgan fingerprint density at radius 2 is 1.88 bits per heavy atom. The van der Waals surface area contributed by atoms with Crippen molar-refractivity contribution in [2.24, 2.45) is 7.05 Å². The summed E-state index contributed by atoms with van der Waals surface area (Å²) in [6.07, 6.45) is 8.84. The number of H-pyrrole nitrogens is 2. The first-order valence-electron chi connectivity index (χ1n) is 10.00. The summed E-state index contributed by atoms with van der Waals surface area (Å²) in [5.41, 5.74) is 6.95. The Morgan fingerprint density at radius 1 is 0.969 bits per heavy atom. The van der Waals surface area contributed by atoms with Gasteiger partial charge in [0, 0.05) is 36.0 Å². The molecule has 0 spiro atoms. The molecule has 0 aliphatic carbocycles. The summed E-state index contributed by atoms with van der Waals surface area (Å²) in [6.45, 7) is 1.86. The zero-order chi connectivity index (χ0) is 21.8. The van der Waals surface area contributed by atoms with Gasteiger partial charge in [-0.05, 0) is 36.2 Å². The van der Waals surface area contributed by atoms with Gasteiger partial charge in [-0.15, -0.1) is 0 Å². The van der Waals surface area contributed by atoms with E-state index >= 15 is 0 Å². The first-order chi connectivity index (χ1) is 15.5. The van der Waals surface area contributed by atoms with Crippen molar-refractivity contribution in [1.82, 2.24) is 39.9 Å². The highest BCUT2D eigenvalue weighted by Gasteiger charge is 2.17. The molecule has 9 heteroatoms. The number of nitrogens with zero attached hydrogens (tertiary/aromatic N) is 6. The standard InChI is InChI=1S/C23H17FN8/c1-12-3-13(5-15(24)4-12)17-8-25-9-20-21(17)29-23(28-20)22-16-6-18(14-7-27-32(2)11-14)26-10-19(16)30-31-22/h3-11H,1-2H3,(H,28,29)(H,30,31). The van der Waals surface area contributed by atoms with E-state index in [-0.39, 0.29) is 5.82 Å². The van der Waals surface area contributed by atoms with Gasteiger partial charge in [-0.25, -0.2) is 9.37 Å². The van der Waals surface area contributed by atoms with E-state index in [0.29, 0.717) is 17.0 Å². The van der Waals surface area contributed by atoms with E-state index in [4.69, 9.17) is 4.98 Å². The lowest BCUT2D eigenvalue weighted by Crippen LogP contribution is -1.87. The minimum atomic E-state index is -0.290. The SMILES string of the molecule is Cc1cc(F)cc(-c2cncc3[nH]c(-c4n[nH]c5cnc(-c6cnn(C)c6)cc45)nc23)c1. The molecule has 0 fully saturated rings. The van der Waals surface area contributed by atoms with Gasteiger partial charge < -0.3 is 4.98 Å². The lowest BCUT2D eigenvalue weighted by atomic mass is 10.0. The maximum Gasteiger partial charge on any atom is 0.159 e. The van der Waals surface area contributed by atoms with Crippen LogP contribution < -0.4 is 0 Å². The van der Waals surface area contributed by atoms with Crippen molar-refractivity contribution in [1.29, 1.82) is 0 Å². The minimum Gasteiger partial charge on any atom is -0.335 e. The maximum absolute atomic E-state index is 14.0. The monoisotopic (exact) mass is 424 g/mol. The summed E-state index contributed by atoms with van der Waals surface area (Å²) < 4.78 is 15.8. The number of pyridine rings is 2. The van der Waals surface area contributed by atoms with Crippen LogP contribution in [0.2, 0.25) is 0 Å². The van der Waals surface area contributed by atoms with Gasteiger partial charge in [0.1, 0.15) is 11.5 Å². The number of rotatable bonds is 3. The van der Waals surface area contributed by atoms with Crippen LogP contribution >= 0.6 is 0 Å². The minimum absolute atomic E-state index is 0.290. The molecule has 0 radical (unpaired) electrons. The van der Waals surface area contributed by atoms with Crippen LogP contribution in [0.15, 0.2) is 55.2 Å². The van der Waals surface area contributed by atoms with E-state index in [9.17, 15) is 4.39 Å². The van der Waals surface area contributed by atoms with Crippen molar-refractivity contribution >= 4 is 21.9 Å². The topological polar surface area (TPSA) is 101 Å². The number of fused-ring (bicyclic) bond motifs is 2. The summed E-state index contributed by atoms with van der Waals surface area (Å²) >= 11 is 0. The van der Waals surface area contributed by atoms with Crippen molar-refractivity contribution in [3.63, 3.8) is 0 Å². The van der Waals surface area contributed by atoms with Crippen LogP contribution in [0.3, 0.4) is 0 Å².